The molecule has 2 aromatic rings. The fraction of sp³-hybridized carbons (Fsp3) is 0.111. The molecule has 0 saturated carbocycles. The number of Topliss-reactive ketones (excluding diaryl/α,β-unsaturated/α-hetero) is 1. The van der Waals surface area contributed by atoms with Crippen LogP contribution in [-0.4, -0.2) is 19.7 Å². The van der Waals surface area contributed by atoms with Crippen molar-refractivity contribution in [3.05, 3.63) is 58.1 Å². The predicted octanol–water partition coefficient (Wildman–Crippen LogP) is 3.87. The zero-order chi connectivity index (χ0) is 17.1. The van der Waals surface area contributed by atoms with Gasteiger partial charge in [-0.05, 0) is 48.0 Å². The molecule has 0 fully saturated rings. The Bertz CT molecular complexity index is 866. The van der Waals surface area contributed by atoms with Crippen molar-refractivity contribution < 1.29 is 19.0 Å². The van der Waals surface area contributed by atoms with Crippen LogP contribution in [0, 0.1) is 11.3 Å². The van der Waals surface area contributed by atoms with E-state index in [0.717, 1.165) is 0 Å². The number of hydrogen-bond acceptors (Lipinski definition) is 5. The number of hydrogen-bond donors (Lipinski definition) is 0. The summed E-state index contributed by atoms with van der Waals surface area (Å²) in [6.07, 6.45) is 1.47. The van der Waals surface area contributed by atoms with Gasteiger partial charge in [-0.15, -0.1) is 0 Å². The molecule has 0 atom stereocenters. The number of allylic oxidation sites excluding steroid dienone is 1. The predicted molar refractivity (Wildman–Crippen MR) is 88.5 cm³/mol. The highest BCUT2D eigenvalue weighted by Crippen LogP contribution is 2.40. The van der Waals surface area contributed by atoms with Crippen molar-refractivity contribution in [1.82, 2.24) is 0 Å². The lowest BCUT2D eigenvalue weighted by atomic mass is 10.0. The zero-order valence-corrected chi connectivity index (χ0v) is 13.5. The van der Waals surface area contributed by atoms with Crippen LogP contribution >= 0.6 is 11.6 Å². The minimum absolute atomic E-state index is 0.00454. The maximum atomic E-state index is 12.5. The highest BCUT2D eigenvalue weighted by Gasteiger charge is 2.19. The van der Waals surface area contributed by atoms with Gasteiger partial charge in [-0.1, -0.05) is 11.6 Å². The molecule has 1 heterocycles. The van der Waals surface area contributed by atoms with Crippen molar-refractivity contribution in [1.29, 1.82) is 5.26 Å². The molecule has 120 valence electrons. The van der Waals surface area contributed by atoms with Crippen LogP contribution in [0.25, 0.3) is 6.08 Å². The third kappa shape index (κ3) is 3.05. The molecule has 0 N–H and O–H groups in total. The Balaban J connectivity index is 1.93. The monoisotopic (exact) mass is 341 g/mol. The molecule has 0 aromatic heterocycles. The molecule has 0 spiro atoms. The van der Waals surface area contributed by atoms with Gasteiger partial charge in [-0.3, -0.25) is 4.79 Å². The van der Waals surface area contributed by atoms with Crippen molar-refractivity contribution in [3.8, 4) is 23.3 Å². The van der Waals surface area contributed by atoms with Gasteiger partial charge in [0.1, 0.15) is 17.4 Å². The van der Waals surface area contributed by atoms with Crippen molar-refractivity contribution in [3.63, 3.8) is 0 Å². The van der Waals surface area contributed by atoms with Gasteiger partial charge in [0.05, 0.1) is 12.1 Å². The van der Waals surface area contributed by atoms with Gasteiger partial charge in [0, 0.05) is 5.56 Å². The third-order valence-corrected chi connectivity index (χ3v) is 3.76. The quantitative estimate of drug-likeness (QED) is 0.479. The van der Waals surface area contributed by atoms with E-state index in [4.69, 9.17) is 25.8 Å². The average Bonchev–Trinajstić information content (AvgIpc) is 3.08. The van der Waals surface area contributed by atoms with Crippen LogP contribution in [0.1, 0.15) is 15.9 Å². The largest absolute Gasteiger partial charge is 0.497 e. The number of halogens is 1. The van der Waals surface area contributed by atoms with E-state index in [0.29, 0.717) is 33.4 Å². The number of methoxy groups -OCH3 is 1. The second kappa shape index (κ2) is 6.65. The van der Waals surface area contributed by atoms with Crippen molar-refractivity contribution in [2.24, 2.45) is 0 Å². The van der Waals surface area contributed by atoms with E-state index >= 15 is 0 Å². The Kier molecular flexibility index (Phi) is 4.41. The van der Waals surface area contributed by atoms with Crippen LogP contribution in [0.2, 0.25) is 5.02 Å². The molecule has 0 amide bonds. The molecule has 0 unspecified atom stereocenters. The molecule has 0 saturated heterocycles. The molecular weight excluding hydrogens is 330 g/mol. The van der Waals surface area contributed by atoms with Crippen LogP contribution in [0.3, 0.4) is 0 Å². The molecule has 0 bridgehead atoms. The van der Waals surface area contributed by atoms with Crippen molar-refractivity contribution in [2.75, 3.05) is 13.9 Å². The minimum atomic E-state index is -0.381. The number of nitriles is 1. The fourth-order valence-electron chi connectivity index (χ4n) is 2.28. The topological polar surface area (TPSA) is 68.6 Å². The Morgan fingerprint density at radius 2 is 2.04 bits per heavy atom. The minimum Gasteiger partial charge on any atom is -0.497 e. The van der Waals surface area contributed by atoms with Gasteiger partial charge in [0.25, 0.3) is 0 Å². The van der Waals surface area contributed by atoms with Crippen LogP contribution in [-0.2, 0) is 0 Å². The van der Waals surface area contributed by atoms with Gasteiger partial charge in [-0.25, -0.2) is 0 Å². The first-order valence-corrected chi connectivity index (χ1v) is 7.40. The molecule has 6 heteroatoms. The van der Waals surface area contributed by atoms with E-state index in [1.54, 1.807) is 43.5 Å². The maximum absolute atomic E-state index is 12.5. The normalized spacial score (nSPS) is 12.6. The first-order chi connectivity index (χ1) is 11.6. The summed E-state index contributed by atoms with van der Waals surface area (Å²) in [6, 6.07) is 11.8. The third-order valence-electron chi connectivity index (χ3n) is 3.48. The molecule has 5 nitrogen and oxygen atoms in total. The van der Waals surface area contributed by atoms with E-state index in [1.807, 2.05) is 6.07 Å². The lowest BCUT2D eigenvalue weighted by Crippen LogP contribution is -2.01. The number of carbonyl (C=O) groups is 1. The molecule has 1 aliphatic rings. The first-order valence-electron chi connectivity index (χ1n) is 7.02. The number of benzene rings is 2. The van der Waals surface area contributed by atoms with Gasteiger partial charge in [0.2, 0.25) is 12.6 Å². The summed E-state index contributed by atoms with van der Waals surface area (Å²) in [5, 5.41) is 9.70. The SMILES string of the molecule is COc1ccc(C(=O)/C(C#N)=C/c2cc(Cl)c3c(c2)OCO3)cc1. The summed E-state index contributed by atoms with van der Waals surface area (Å²) in [7, 11) is 1.54. The summed E-state index contributed by atoms with van der Waals surface area (Å²) in [5.41, 5.74) is 0.980. The maximum Gasteiger partial charge on any atom is 0.231 e. The Morgan fingerprint density at radius 3 is 2.71 bits per heavy atom. The number of fused-ring (bicyclic) bond motifs is 1. The van der Waals surface area contributed by atoms with Crippen LogP contribution in [0.15, 0.2) is 42.0 Å². The summed E-state index contributed by atoms with van der Waals surface area (Å²) in [5.74, 6) is 1.21. The highest BCUT2D eigenvalue weighted by atomic mass is 35.5. The van der Waals surface area contributed by atoms with E-state index in [1.165, 1.54) is 6.08 Å². The Morgan fingerprint density at radius 1 is 1.29 bits per heavy atom. The highest BCUT2D eigenvalue weighted by molar-refractivity contribution is 6.32. The summed E-state index contributed by atoms with van der Waals surface area (Å²) in [4.78, 5) is 12.5. The Hall–Kier alpha value is -2.97. The van der Waals surface area contributed by atoms with Crippen LogP contribution in [0.5, 0.6) is 17.2 Å². The van der Waals surface area contributed by atoms with E-state index in [2.05, 4.69) is 0 Å². The Labute approximate surface area is 143 Å². The standard InChI is InChI=1S/C18H12ClNO4/c1-22-14-4-2-12(3-5-14)17(21)13(9-20)6-11-7-15(19)18-16(8-11)23-10-24-18/h2-8H,10H2,1H3/b13-6+. The average molecular weight is 342 g/mol. The number of carbonyl (C=O) groups excluding carboxylic acids is 1. The van der Waals surface area contributed by atoms with E-state index < -0.39 is 0 Å². The van der Waals surface area contributed by atoms with Gasteiger partial charge >= 0.3 is 0 Å². The smallest absolute Gasteiger partial charge is 0.231 e. The van der Waals surface area contributed by atoms with E-state index in [9.17, 15) is 10.1 Å². The van der Waals surface area contributed by atoms with Crippen molar-refractivity contribution in [2.45, 2.75) is 0 Å². The van der Waals surface area contributed by atoms with Crippen LogP contribution in [0.4, 0.5) is 0 Å². The first kappa shape index (κ1) is 15.9. The van der Waals surface area contributed by atoms with Gasteiger partial charge in [-0.2, -0.15) is 5.26 Å². The molecule has 0 radical (unpaired) electrons. The van der Waals surface area contributed by atoms with Gasteiger partial charge < -0.3 is 14.2 Å². The molecule has 1 aliphatic heterocycles. The number of nitrogens with zero attached hydrogens (tertiary/aromatic N) is 1. The molecule has 2 aromatic carbocycles. The van der Waals surface area contributed by atoms with Crippen molar-refractivity contribution >= 4 is 23.5 Å². The van der Waals surface area contributed by atoms with Gasteiger partial charge in [0.15, 0.2) is 11.5 Å². The molecule has 24 heavy (non-hydrogen) atoms. The molecular formula is C18H12ClNO4. The fourth-order valence-corrected chi connectivity index (χ4v) is 2.56. The van der Waals surface area contributed by atoms with E-state index in [-0.39, 0.29) is 18.1 Å². The summed E-state index contributed by atoms with van der Waals surface area (Å²) < 4.78 is 15.6. The second-order valence-corrected chi connectivity index (χ2v) is 5.37. The zero-order valence-electron chi connectivity index (χ0n) is 12.7. The molecule has 0 aliphatic carbocycles. The lowest BCUT2D eigenvalue weighted by Gasteiger charge is -2.04. The number of rotatable bonds is 4. The number of ketones is 1. The summed E-state index contributed by atoms with van der Waals surface area (Å²) in [6.45, 7) is 0.0953. The van der Waals surface area contributed by atoms with Crippen LogP contribution < -0.4 is 14.2 Å². The molecule has 3 rings (SSSR count). The lowest BCUT2D eigenvalue weighted by molar-refractivity contribution is 0.104. The number of ether oxygens (including phenoxy) is 3. The summed E-state index contributed by atoms with van der Waals surface area (Å²) >= 11 is 6.12. The second-order valence-electron chi connectivity index (χ2n) is 4.96.